The van der Waals surface area contributed by atoms with E-state index in [-0.39, 0.29) is 0 Å². The molecule has 0 spiro atoms. The molecule has 56 valence electrons. The van der Waals surface area contributed by atoms with Crippen LogP contribution in [0.1, 0.15) is 19.8 Å². The van der Waals surface area contributed by atoms with E-state index in [1.807, 2.05) is 6.66 Å². The van der Waals surface area contributed by atoms with Crippen molar-refractivity contribution in [3.05, 3.63) is 0 Å². The molecule has 0 aliphatic heterocycles. The van der Waals surface area contributed by atoms with Gasteiger partial charge < -0.3 is 0 Å². The van der Waals surface area contributed by atoms with Crippen molar-refractivity contribution >= 4 is 39.0 Å². The van der Waals surface area contributed by atoms with Gasteiger partial charge in [-0.05, 0) is 18.8 Å². The SMILES string of the molecule is CCCCSP(C)(=S)Cl. The summed E-state index contributed by atoms with van der Waals surface area (Å²) in [6, 6.07) is 0. The zero-order chi connectivity index (χ0) is 7.33. The quantitative estimate of drug-likeness (QED) is 0.504. The lowest BCUT2D eigenvalue weighted by Gasteiger charge is -2.04. The van der Waals surface area contributed by atoms with Crippen LogP contribution in [0.5, 0.6) is 0 Å². The van der Waals surface area contributed by atoms with Gasteiger partial charge in [0.1, 0.15) is 0 Å². The van der Waals surface area contributed by atoms with Gasteiger partial charge in [0.15, 0.2) is 0 Å². The van der Waals surface area contributed by atoms with Gasteiger partial charge in [-0.1, -0.05) is 36.4 Å². The fourth-order valence-corrected chi connectivity index (χ4v) is 3.77. The van der Waals surface area contributed by atoms with Gasteiger partial charge >= 0.3 is 0 Å². The van der Waals surface area contributed by atoms with Gasteiger partial charge in [-0.25, -0.2) is 0 Å². The van der Waals surface area contributed by atoms with Crippen LogP contribution < -0.4 is 0 Å². The zero-order valence-electron chi connectivity index (χ0n) is 5.76. The maximum absolute atomic E-state index is 5.86. The molecule has 0 aromatic carbocycles. The first-order chi connectivity index (χ1) is 4.06. The Morgan fingerprint density at radius 3 is 2.56 bits per heavy atom. The van der Waals surface area contributed by atoms with Crippen LogP contribution in [0.3, 0.4) is 0 Å². The van der Waals surface area contributed by atoms with Gasteiger partial charge in [0.25, 0.3) is 0 Å². The molecule has 0 rings (SSSR count). The highest BCUT2D eigenvalue weighted by Crippen LogP contribution is 2.60. The summed E-state index contributed by atoms with van der Waals surface area (Å²) >= 11 is 12.6. The summed E-state index contributed by atoms with van der Waals surface area (Å²) in [4.78, 5) is 0. The van der Waals surface area contributed by atoms with E-state index in [0.717, 1.165) is 5.75 Å². The predicted octanol–water partition coefficient (Wildman–Crippen LogP) is 3.70. The van der Waals surface area contributed by atoms with E-state index in [2.05, 4.69) is 6.92 Å². The smallest absolute Gasteiger partial charge is 0.0860 e. The van der Waals surface area contributed by atoms with Crippen molar-refractivity contribution in [1.29, 1.82) is 0 Å². The van der Waals surface area contributed by atoms with Crippen LogP contribution in [0, 0.1) is 0 Å². The molecule has 4 heteroatoms. The van der Waals surface area contributed by atoms with Gasteiger partial charge in [0, 0.05) is 0 Å². The lowest BCUT2D eigenvalue weighted by molar-refractivity contribution is 0.898. The topological polar surface area (TPSA) is 0 Å². The lowest BCUT2D eigenvalue weighted by Crippen LogP contribution is -1.73. The average molecular weight is 203 g/mol. The Kier molecular flexibility index (Phi) is 5.73. The Hall–Kier alpha value is 1.29. The highest BCUT2D eigenvalue weighted by atomic mass is 35.7. The zero-order valence-corrected chi connectivity index (χ0v) is 9.05. The summed E-state index contributed by atoms with van der Waals surface area (Å²) in [5, 5.41) is 0. The monoisotopic (exact) mass is 202 g/mol. The Labute approximate surface area is 71.3 Å². The minimum absolute atomic E-state index is 1.13. The maximum atomic E-state index is 5.86. The molecule has 0 aromatic heterocycles. The van der Waals surface area contributed by atoms with Crippen LogP contribution in [-0.4, -0.2) is 12.4 Å². The van der Waals surface area contributed by atoms with Crippen LogP contribution in [0.2, 0.25) is 0 Å². The molecule has 0 heterocycles. The minimum Gasteiger partial charge on any atom is -0.110 e. The largest absolute Gasteiger partial charge is 0.110 e. The van der Waals surface area contributed by atoms with Gasteiger partial charge in [-0.15, -0.1) is 11.4 Å². The average Bonchev–Trinajstić information content (AvgIpc) is 1.63. The van der Waals surface area contributed by atoms with Crippen molar-refractivity contribution in [2.75, 3.05) is 12.4 Å². The second kappa shape index (κ2) is 5.01. The molecule has 0 bridgehead atoms. The molecule has 0 N–H and O–H groups in total. The second-order valence-electron chi connectivity index (χ2n) is 1.93. The maximum Gasteiger partial charge on any atom is 0.0860 e. The molecular weight excluding hydrogens is 191 g/mol. The molecule has 0 radical (unpaired) electrons. The van der Waals surface area contributed by atoms with Crippen LogP contribution in [0.15, 0.2) is 0 Å². The van der Waals surface area contributed by atoms with Crippen molar-refractivity contribution in [3.8, 4) is 0 Å². The second-order valence-corrected chi connectivity index (χ2v) is 13.2. The van der Waals surface area contributed by atoms with Crippen molar-refractivity contribution in [1.82, 2.24) is 0 Å². The summed E-state index contributed by atoms with van der Waals surface area (Å²) in [6.45, 7) is 4.14. The molecule has 0 amide bonds. The number of hydrogen-bond donors (Lipinski definition) is 0. The lowest BCUT2D eigenvalue weighted by atomic mass is 10.4. The van der Waals surface area contributed by atoms with Gasteiger partial charge in [0.2, 0.25) is 0 Å². The van der Waals surface area contributed by atoms with E-state index < -0.39 is 4.59 Å². The van der Waals surface area contributed by atoms with Crippen LogP contribution >= 0.6 is 27.2 Å². The van der Waals surface area contributed by atoms with E-state index in [1.165, 1.54) is 12.8 Å². The standard InChI is InChI=1S/C5H12ClPS2/c1-3-4-5-9-7(2,6)8/h3-5H2,1-2H3. The van der Waals surface area contributed by atoms with Crippen molar-refractivity contribution in [2.45, 2.75) is 19.8 Å². The first-order valence-electron chi connectivity index (χ1n) is 2.98. The Morgan fingerprint density at radius 2 is 2.22 bits per heavy atom. The normalized spacial score (nSPS) is 17.2. The Morgan fingerprint density at radius 1 is 1.67 bits per heavy atom. The number of halogens is 1. The van der Waals surface area contributed by atoms with Crippen molar-refractivity contribution < 1.29 is 0 Å². The van der Waals surface area contributed by atoms with Gasteiger partial charge in [-0.2, -0.15) is 0 Å². The summed E-state index contributed by atoms with van der Waals surface area (Å²) in [7, 11) is 0. The van der Waals surface area contributed by atoms with Crippen molar-refractivity contribution in [2.24, 2.45) is 0 Å². The molecular formula is C5H12ClPS2. The molecule has 0 aromatic rings. The molecule has 0 aliphatic rings. The van der Waals surface area contributed by atoms with Crippen LogP contribution in [-0.2, 0) is 11.8 Å². The molecule has 0 fully saturated rings. The van der Waals surface area contributed by atoms with E-state index in [0.29, 0.717) is 0 Å². The number of unbranched alkanes of at least 4 members (excludes halogenated alkanes) is 1. The first-order valence-corrected chi connectivity index (χ1v) is 8.72. The van der Waals surface area contributed by atoms with E-state index in [4.69, 9.17) is 23.0 Å². The molecule has 1 unspecified atom stereocenters. The summed E-state index contributed by atoms with van der Waals surface area (Å²) in [6.07, 6.45) is 2.48. The van der Waals surface area contributed by atoms with Gasteiger partial charge in [0.05, 0.1) is 4.59 Å². The van der Waals surface area contributed by atoms with Crippen molar-refractivity contribution in [3.63, 3.8) is 0 Å². The predicted molar refractivity (Wildman–Crippen MR) is 53.4 cm³/mol. The minimum atomic E-state index is -1.47. The van der Waals surface area contributed by atoms with Gasteiger partial charge in [-0.3, -0.25) is 0 Å². The summed E-state index contributed by atoms with van der Waals surface area (Å²) in [5.74, 6) is 1.13. The summed E-state index contributed by atoms with van der Waals surface area (Å²) in [5.41, 5.74) is 0. The molecule has 0 aliphatic carbocycles. The van der Waals surface area contributed by atoms with Crippen LogP contribution in [0.4, 0.5) is 0 Å². The fourth-order valence-electron chi connectivity index (χ4n) is 0.372. The summed E-state index contributed by atoms with van der Waals surface area (Å²) < 4.78 is -1.47. The highest BCUT2D eigenvalue weighted by molar-refractivity contribution is 8.77. The van der Waals surface area contributed by atoms with E-state index >= 15 is 0 Å². The fraction of sp³-hybridized carbons (Fsp3) is 1.00. The molecule has 1 atom stereocenters. The third kappa shape index (κ3) is 9.29. The molecule has 0 saturated carbocycles. The third-order valence-corrected chi connectivity index (χ3v) is 5.51. The molecule has 0 nitrogen and oxygen atoms in total. The number of hydrogen-bond acceptors (Lipinski definition) is 2. The van der Waals surface area contributed by atoms with Crippen LogP contribution in [0.25, 0.3) is 0 Å². The van der Waals surface area contributed by atoms with E-state index in [1.54, 1.807) is 11.4 Å². The Balaban J connectivity index is 3.18. The number of rotatable bonds is 4. The molecule has 9 heavy (non-hydrogen) atoms. The van der Waals surface area contributed by atoms with E-state index in [9.17, 15) is 0 Å². The Bertz CT molecular complexity index is 110. The first kappa shape index (κ1) is 10.3. The highest BCUT2D eigenvalue weighted by Gasteiger charge is 2.02. The third-order valence-electron chi connectivity index (χ3n) is 0.820. The molecule has 0 saturated heterocycles.